The van der Waals surface area contributed by atoms with Gasteiger partial charge in [0.2, 0.25) is 6.10 Å². The number of ether oxygens (including phenoxy) is 3. The first-order chi connectivity index (χ1) is 12.3. The number of aliphatic hydroxyl groups is 1. The fourth-order valence-corrected chi connectivity index (χ4v) is 2.60. The van der Waals surface area contributed by atoms with Crippen molar-refractivity contribution >= 4 is 29.3 Å². The third-order valence-corrected chi connectivity index (χ3v) is 3.60. The van der Waals surface area contributed by atoms with E-state index in [1.165, 1.54) is 0 Å². The van der Waals surface area contributed by atoms with Gasteiger partial charge in [0.1, 0.15) is 11.2 Å². The van der Waals surface area contributed by atoms with Gasteiger partial charge in [-0.3, -0.25) is 5.43 Å². The molecule has 1 heterocycles. The minimum absolute atomic E-state index is 0.115. The lowest BCUT2D eigenvalue weighted by atomic mass is 10.1. The van der Waals surface area contributed by atoms with Crippen LogP contribution >= 0.6 is 12.2 Å². The molecule has 0 bridgehead atoms. The number of hydrogen-bond donors (Lipinski definition) is 2. The van der Waals surface area contributed by atoms with Gasteiger partial charge in [0, 0.05) is 13.1 Å². The highest BCUT2D eigenvalue weighted by Crippen LogP contribution is 2.16. The fraction of sp³-hybridized carbons (Fsp3) is 0.833. The summed E-state index contributed by atoms with van der Waals surface area (Å²) in [7, 11) is 0. The second kappa shape index (κ2) is 9.66. The Kier molecular flexibility index (Phi) is 8.44. The SMILES string of the molecule is CC(C)(C)OC(=O)[C@H](O)[C@@H](OC(=S)NN1CCCCC1)C(=O)OC(C)(C)C. The van der Waals surface area contributed by atoms with Crippen LogP contribution in [0.5, 0.6) is 0 Å². The van der Waals surface area contributed by atoms with Crippen molar-refractivity contribution in [2.24, 2.45) is 0 Å². The zero-order valence-corrected chi connectivity index (χ0v) is 17.9. The number of rotatable bonds is 5. The van der Waals surface area contributed by atoms with Gasteiger partial charge in [-0.1, -0.05) is 6.42 Å². The van der Waals surface area contributed by atoms with Gasteiger partial charge in [0.05, 0.1) is 0 Å². The summed E-state index contributed by atoms with van der Waals surface area (Å²) in [5.74, 6) is -1.89. The molecule has 0 radical (unpaired) electrons. The van der Waals surface area contributed by atoms with Gasteiger partial charge in [-0.15, -0.1) is 0 Å². The number of aliphatic hydroxyl groups excluding tert-OH is 1. The van der Waals surface area contributed by atoms with E-state index >= 15 is 0 Å². The van der Waals surface area contributed by atoms with Crippen LogP contribution in [0.15, 0.2) is 0 Å². The van der Waals surface area contributed by atoms with E-state index in [-0.39, 0.29) is 5.17 Å². The number of nitrogens with one attached hydrogen (secondary N) is 1. The van der Waals surface area contributed by atoms with Crippen molar-refractivity contribution in [2.45, 2.75) is 84.2 Å². The third-order valence-electron chi connectivity index (χ3n) is 3.41. The molecule has 0 aliphatic carbocycles. The van der Waals surface area contributed by atoms with Gasteiger partial charge in [-0.25, -0.2) is 14.6 Å². The van der Waals surface area contributed by atoms with Crippen molar-refractivity contribution in [3.05, 3.63) is 0 Å². The van der Waals surface area contributed by atoms with E-state index < -0.39 is 35.3 Å². The first kappa shape index (κ1) is 23.6. The molecule has 0 spiro atoms. The van der Waals surface area contributed by atoms with Gasteiger partial charge >= 0.3 is 11.9 Å². The van der Waals surface area contributed by atoms with E-state index in [2.05, 4.69) is 5.43 Å². The average molecular weight is 405 g/mol. The zero-order valence-electron chi connectivity index (χ0n) is 17.0. The van der Waals surface area contributed by atoms with Crippen molar-refractivity contribution in [3.63, 3.8) is 0 Å². The molecule has 1 aliphatic heterocycles. The smallest absolute Gasteiger partial charge is 0.351 e. The summed E-state index contributed by atoms with van der Waals surface area (Å²) in [4.78, 5) is 24.7. The molecular formula is C18H32N2O6S. The molecule has 156 valence electrons. The molecule has 8 nitrogen and oxygen atoms in total. The van der Waals surface area contributed by atoms with E-state index in [1.807, 2.05) is 5.01 Å². The Hall–Kier alpha value is -1.45. The molecule has 2 atom stereocenters. The van der Waals surface area contributed by atoms with Crippen LogP contribution in [0.1, 0.15) is 60.8 Å². The first-order valence-electron chi connectivity index (χ1n) is 9.14. The van der Waals surface area contributed by atoms with Gasteiger partial charge in [0.15, 0.2) is 6.10 Å². The Bertz CT molecular complexity index is 535. The topological polar surface area (TPSA) is 97.3 Å². The molecule has 0 amide bonds. The second-order valence-electron chi connectivity index (χ2n) is 8.50. The molecule has 1 fully saturated rings. The van der Waals surface area contributed by atoms with Crippen molar-refractivity contribution in [1.82, 2.24) is 10.4 Å². The van der Waals surface area contributed by atoms with Gasteiger partial charge in [-0.05, 0) is 66.6 Å². The van der Waals surface area contributed by atoms with Crippen molar-refractivity contribution in [3.8, 4) is 0 Å². The predicted molar refractivity (Wildman–Crippen MR) is 104 cm³/mol. The number of thiocarbonyl (C=S) groups is 1. The van der Waals surface area contributed by atoms with Gasteiger partial charge in [-0.2, -0.15) is 0 Å². The highest BCUT2D eigenvalue weighted by molar-refractivity contribution is 7.80. The van der Waals surface area contributed by atoms with E-state index in [0.29, 0.717) is 0 Å². The molecule has 0 aromatic heterocycles. The quantitative estimate of drug-likeness (QED) is 0.524. The maximum Gasteiger partial charge on any atom is 0.351 e. The Labute approximate surface area is 166 Å². The van der Waals surface area contributed by atoms with Crippen LogP contribution in [-0.2, 0) is 23.8 Å². The van der Waals surface area contributed by atoms with Gasteiger partial charge < -0.3 is 19.3 Å². The molecule has 9 heteroatoms. The largest absolute Gasteiger partial charge is 0.458 e. The fourth-order valence-electron chi connectivity index (χ4n) is 2.36. The van der Waals surface area contributed by atoms with Crippen LogP contribution < -0.4 is 5.43 Å². The Balaban J connectivity index is 2.84. The maximum absolute atomic E-state index is 12.5. The molecular weight excluding hydrogens is 372 g/mol. The summed E-state index contributed by atoms with van der Waals surface area (Å²) in [5.41, 5.74) is 1.23. The second-order valence-corrected chi connectivity index (χ2v) is 8.87. The summed E-state index contributed by atoms with van der Waals surface area (Å²) in [6.07, 6.45) is -0.329. The third kappa shape index (κ3) is 9.34. The summed E-state index contributed by atoms with van der Waals surface area (Å²) >= 11 is 5.14. The standard InChI is InChI=1S/C18H32N2O6S/c1-17(2,3)25-14(22)12(21)13(15(23)26-18(4,5)6)24-16(27)19-20-10-8-7-9-11-20/h12-13,21H,7-11H2,1-6H3,(H,19,27)/t12-,13-/m1/s1. The number of esters is 2. The lowest BCUT2D eigenvalue weighted by molar-refractivity contribution is -0.184. The highest BCUT2D eigenvalue weighted by atomic mass is 32.1. The Morgan fingerprint density at radius 1 is 0.963 bits per heavy atom. The minimum Gasteiger partial charge on any atom is -0.458 e. The molecule has 0 aromatic carbocycles. The maximum atomic E-state index is 12.5. The van der Waals surface area contributed by atoms with Crippen molar-refractivity contribution in [1.29, 1.82) is 0 Å². The molecule has 0 unspecified atom stereocenters. The molecule has 0 aromatic rings. The summed E-state index contributed by atoms with van der Waals surface area (Å²) in [6, 6.07) is 0. The van der Waals surface area contributed by atoms with Crippen LogP contribution in [-0.4, -0.2) is 63.7 Å². The zero-order chi connectivity index (χ0) is 20.8. The van der Waals surface area contributed by atoms with Crippen LogP contribution in [0.4, 0.5) is 0 Å². The van der Waals surface area contributed by atoms with Gasteiger partial charge in [0.25, 0.3) is 5.17 Å². The van der Waals surface area contributed by atoms with Crippen molar-refractivity contribution in [2.75, 3.05) is 13.1 Å². The minimum atomic E-state index is -1.87. The average Bonchev–Trinajstić information content (AvgIpc) is 2.49. The van der Waals surface area contributed by atoms with Crippen LogP contribution in [0.2, 0.25) is 0 Å². The molecule has 0 saturated carbocycles. The number of carbonyl (C=O) groups is 2. The number of piperidine rings is 1. The van der Waals surface area contributed by atoms with E-state index in [0.717, 1.165) is 32.4 Å². The van der Waals surface area contributed by atoms with E-state index in [1.54, 1.807) is 41.5 Å². The van der Waals surface area contributed by atoms with Crippen LogP contribution in [0.3, 0.4) is 0 Å². The number of hydrazine groups is 1. The normalized spacial score (nSPS) is 18.2. The Morgan fingerprint density at radius 2 is 1.44 bits per heavy atom. The van der Waals surface area contributed by atoms with E-state index in [9.17, 15) is 14.7 Å². The molecule has 2 N–H and O–H groups in total. The predicted octanol–water partition coefficient (Wildman–Crippen LogP) is 1.69. The lowest BCUT2D eigenvalue weighted by Gasteiger charge is -2.31. The van der Waals surface area contributed by atoms with Crippen LogP contribution in [0, 0.1) is 0 Å². The van der Waals surface area contributed by atoms with Crippen LogP contribution in [0.25, 0.3) is 0 Å². The number of hydrogen-bond acceptors (Lipinski definition) is 8. The number of nitrogens with zero attached hydrogens (tertiary/aromatic N) is 1. The summed E-state index contributed by atoms with van der Waals surface area (Å²) < 4.78 is 15.8. The molecule has 1 saturated heterocycles. The van der Waals surface area contributed by atoms with Crippen molar-refractivity contribution < 1.29 is 28.9 Å². The molecule has 1 aliphatic rings. The summed E-state index contributed by atoms with van der Waals surface area (Å²) in [6.45, 7) is 11.6. The van der Waals surface area contributed by atoms with E-state index in [4.69, 9.17) is 26.4 Å². The lowest BCUT2D eigenvalue weighted by Crippen LogP contribution is -2.51. The monoisotopic (exact) mass is 404 g/mol. The first-order valence-corrected chi connectivity index (χ1v) is 9.55. The summed E-state index contributed by atoms with van der Waals surface area (Å²) in [5, 5.41) is 12.1. The Morgan fingerprint density at radius 3 is 1.93 bits per heavy atom. The number of carbonyl (C=O) groups excluding carboxylic acids is 2. The molecule has 27 heavy (non-hydrogen) atoms. The highest BCUT2D eigenvalue weighted by Gasteiger charge is 2.40. The molecule has 1 rings (SSSR count).